The van der Waals surface area contributed by atoms with Crippen molar-refractivity contribution in [1.82, 2.24) is 19.4 Å². The van der Waals surface area contributed by atoms with Crippen molar-refractivity contribution in [3.8, 4) is 5.75 Å². The number of piperazine rings is 1. The van der Waals surface area contributed by atoms with Gasteiger partial charge in [-0.05, 0) is 31.2 Å². The number of aromatic nitrogens is 2. The molecule has 1 N–H and O–H groups in total. The molecule has 1 amide bonds. The minimum atomic E-state index is -3.69. The summed E-state index contributed by atoms with van der Waals surface area (Å²) >= 11 is 6.04. The molecule has 1 aliphatic heterocycles. The number of nitrogens with one attached hydrogen (secondary N) is 1. The second-order valence-electron chi connectivity index (χ2n) is 5.93. The molecule has 26 heavy (non-hydrogen) atoms. The van der Waals surface area contributed by atoms with Crippen LogP contribution in [0.1, 0.15) is 16.2 Å². The van der Waals surface area contributed by atoms with Crippen LogP contribution in [0, 0.1) is 6.92 Å². The average Bonchev–Trinajstić information content (AvgIpc) is 3.07. The van der Waals surface area contributed by atoms with Crippen LogP contribution in [0.25, 0.3) is 0 Å². The largest absolute Gasteiger partial charge is 0.495 e. The molecule has 1 saturated heterocycles. The lowest BCUT2D eigenvalue weighted by Crippen LogP contribution is -2.50. The van der Waals surface area contributed by atoms with Crippen molar-refractivity contribution in [2.45, 2.75) is 11.8 Å². The fourth-order valence-electron chi connectivity index (χ4n) is 2.78. The summed E-state index contributed by atoms with van der Waals surface area (Å²) in [7, 11) is -2.22. The predicted octanol–water partition coefficient (Wildman–Crippen LogP) is 1.53. The Kier molecular flexibility index (Phi) is 5.22. The maximum atomic E-state index is 12.8. The van der Waals surface area contributed by atoms with E-state index in [1.54, 1.807) is 11.0 Å². The van der Waals surface area contributed by atoms with Gasteiger partial charge in [0.1, 0.15) is 11.4 Å². The second-order valence-corrected chi connectivity index (χ2v) is 8.27. The summed E-state index contributed by atoms with van der Waals surface area (Å²) in [5, 5.41) is 6.92. The van der Waals surface area contributed by atoms with E-state index in [1.807, 2.05) is 6.92 Å². The van der Waals surface area contributed by atoms with Gasteiger partial charge in [-0.2, -0.15) is 9.40 Å². The maximum Gasteiger partial charge on any atom is 0.274 e. The fourth-order valence-corrected chi connectivity index (χ4v) is 4.55. The third-order valence-electron chi connectivity index (χ3n) is 4.21. The molecule has 0 atom stereocenters. The standard InChI is InChI=1S/C16H19ClN4O4S/c1-11-9-14(19-18-11)16(22)20-5-7-21(8-6-20)26(23,24)12-3-4-15(25-2)13(17)10-12/h3-4,9-10H,5-8H2,1-2H3,(H,18,19). The highest BCUT2D eigenvalue weighted by Crippen LogP contribution is 2.28. The van der Waals surface area contributed by atoms with Gasteiger partial charge in [-0.15, -0.1) is 0 Å². The third kappa shape index (κ3) is 3.55. The first-order valence-electron chi connectivity index (χ1n) is 7.98. The number of carbonyl (C=O) groups is 1. The Morgan fingerprint density at radius 3 is 2.46 bits per heavy atom. The number of sulfonamides is 1. The number of aromatic amines is 1. The van der Waals surface area contributed by atoms with E-state index in [0.29, 0.717) is 24.5 Å². The van der Waals surface area contributed by atoms with Crippen LogP contribution in [-0.4, -0.2) is 67.0 Å². The number of hydrogen-bond donors (Lipinski definition) is 1. The first-order chi connectivity index (χ1) is 12.3. The van der Waals surface area contributed by atoms with Crippen LogP contribution in [0.3, 0.4) is 0 Å². The molecular weight excluding hydrogens is 380 g/mol. The molecule has 2 heterocycles. The highest BCUT2D eigenvalue weighted by atomic mass is 35.5. The molecule has 0 saturated carbocycles. The monoisotopic (exact) mass is 398 g/mol. The minimum absolute atomic E-state index is 0.103. The summed E-state index contributed by atoms with van der Waals surface area (Å²) in [6.07, 6.45) is 0. The zero-order valence-electron chi connectivity index (χ0n) is 14.4. The fraction of sp³-hybridized carbons (Fsp3) is 0.375. The van der Waals surface area contributed by atoms with E-state index in [-0.39, 0.29) is 28.9 Å². The Hall–Kier alpha value is -2.10. The van der Waals surface area contributed by atoms with E-state index in [1.165, 1.54) is 29.6 Å². The van der Waals surface area contributed by atoms with Gasteiger partial charge in [0, 0.05) is 31.9 Å². The van der Waals surface area contributed by atoms with Crippen molar-refractivity contribution >= 4 is 27.5 Å². The number of nitrogens with zero attached hydrogens (tertiary/aromatic N) is 3. The van der Waals surface area contributed by atoms with Gasteiger partial charge in [0.15, 0.2) is 0 Å². The number of benzene rings is 1. The van der Waals surface area contributed by atoms with E-state index >= 15 is 0 Å². The summed E-state index contributed by atoms with van der Waals surface area (Å²) in [6, 6.07) is 6.03. The van der Waals surface area contributed by atoms with Crippen LogP contribution in [0.4, 0.5) is 0 Å². The number of carbonyl (C=O) groups excluding carboxylic acids is 1. The summed E-state index contributed by atoms with van der Waals surface area (Å²) in [5.41, 5.74) is 1.13. The lowest BCUT2D eigenvalue weighted by atomic mass is 10.3. The molecule has 0 aliphatic carbocycles. The van der Waals surface area contributed by atoms with Crippen molar-refractivity contribution in [3.05, 3.63) is 40.7 Å². The van der Waals surface area contributed by atoms with Crippen LogP contribution in [0.15, 0.2) is 29.2 Å². The quantitative estimate of drug-likeness (QED) is 0.842. The molecule has 0 bridgehead atoms. The maximum absolute atomic E-state index is 12.8. The van der Waals surface area contributed by atoms with E-state index in [2.05, 4.69) is 10.2 Å². The lowest BCUT2D eigenvalue weighted by Gasteiger charge is -2.33. The van der Waals surface area contributed by atoms with Crippen LogP contribution in [0.2, 0.25) is 5.02 Å². The normalized spacial score (nSPS) is 15.9. The Morgan fingerprint density at radius 2 is 1.92 bits per heavy atom. The van der Waals surface area contributed by atoms with Crippen LogP contribution in [0.5, 0.6) is 5.75 Å². The van der Waals surface area contributed by atoms with Gasteiger partial charge in [-0.1, -0.05) is 11.6 Å². The van der Waals surface area contributed by atoms with E-state index in [9.17, 15) is 13.2 Å². The minimum Gasteiger partial charge on any atom is -0.495 e. The Labute approximate surface area is 156 Å². The third-order valence-corrected chi connectivity index (χ3v) is 6.40. The van der Waals surface area contributed by atoms with Crippen molar-refractivity contribution in [1.29, 1.82) is 0 Å². The first-order valence-corrected chi connectivity index (χ1v) is 9.79. The molecule has 1 fully saturated rings. The Morgan fingerprint density at radius 1 is 1.23 bits per heavy atom. The van der Waals surface area contributed by atoms with Gasteiger partial charge in [0.05, 0.1) is 17.0 Å². The number of halogens is 1. The molecule has 0 spiro atoms. The smallest absolute Gasteiger partial charge is 0.274 e. The lowest BCUT2D eigenvalue weighted by molar-refractivity contribution is 0.0692. The SMILES string of the molecule is COc1ccc(S(=O)(=O)N2CCN(C(=O)c3cc(C)[nH]n3)CC2)cc1Cl. The number of hydrogen-bond acceptors (Lipinski definition) is 5. The van der Waals surface area contributed by atoms with Crippen LogP contribution >= 0.6 is 11.6 Å². The second kappa shape index (κ2) is 7.26. The molecule has 8 nitrogen and oxygen atoms in total. The number of amides is 1. The molecule has 1 aromatic heterocycles. The Balaban J connectivity index is 1.70. The molecule has 0 unspecified atom stereocenters. The van der Waals surface area contributed by atoms with Crippen LogP contribution in [-0.2, 0) is 10.0 Å². The van der Waals surface area contributed by atoms with Gasteiger partial charge in [0.2, 0.25) is 10.0 Å². The number of aryl methyl sites for hydroxylation is 1. The molecule has 0 radical (unpaired) electrons. The number of rotatable bonds is 4. The topological polar surface area (TPSA) is 95.6 Å². The molecule has 2 aromatic rings. The Bertz CT molecular complexity index is 920. The highest BCUT2D eigenvalue weighted by Gasteiger charge is 2.31. The molecule has 1 aliphatic rings. The summed E-state index contributed by atoms with van der Waals surface area (Å²) in [4.78, 5) is 14.1. The molecule has 140 valence electrons. The summed E-state index contributed by atoms with van der Waals surface area (Å²) in [6.45, 7) is 2.83. The first kappa shape index (κ1) is 18.7. The van der Waals surface area contributed by atoms with Crippen molar-refractivity contribution in [2.24, 2.45) is 0 Å². The molecule has 3 rings (SSSR count). The van der Waals surface area contributed by atoms with E-state index in [0.717, 1.165) is 5.69 Å². The van der Waals surface area contributed by atoms with Crippen molar-refractivity contribution in [3.63, 3.8) is 0 Å². The average molecular weight is 399 g/mol. The van der Waals surface area contributed by atoms with E-state index < -0.39 is 10.0 Å². The molecule has 10 heteroatoms. The predicted molar refractivity (Wildman–Crippen MR) is 96.0 cm³/mol. The van der Waals surface area contributed by atoms with Gasteiger partial charge < -0.3 is 9.64 Å². The summed E-state index contributed by atoms with van der Waals surface area (Å²) in [5.74, 6) is 0.203. The molecule has 1 aromatic carbocycles. The van der Waals surface area contributed by atoms with Gasteiger partial charge in [-0.3, -0.25) is 9.89 Å². The zero-order chi connectivity index (χ0) is 18.9. The summed E-state index contributed by atoms with van der Waals surface area (Å²) < 4.78 is 32.0. The van der Waals surface area contributed by atoms with Crippen molar-refractivity contribution in [2.75, 3.05) is 33.3 Å². The highest BCUT2D eigenvalue weighted by molar-refractivity contribution is 7.89. The van der Waals surface area contributed by atoms with Crippen LogP contribution < -0.4 is 4.74 Å². The number of ether oxygens (including phenoxy) is 1. The van der Waals surface area contributed by atoms with E-state index in [4.69, 9.17) is 16.3 Å². The zero-order valence-corrected chi connectivity index (χ0v) is 16.0. The van der Waals surface area contributed by atoms with Gasteiger partial charge >= 0.3 is 0 Å². The number of H-pyrrole nitrogens is 1. The van der Waals surface area contributed by atoms with Gasteiger partial charge in [-0.25, -0.2) is 8.42 Å². The van der Waals surface area contributed by atoms with Gasteiger partial charge in [0.25, 0.3) is 5.91 Å². The molecular formula is C16H19ClN4O4S. The number of methoxy groups -OCH3 is 1. The van der Waals surface area contributed by atoms with Crippen molar-refractivity contribution < 1.29 is 17.9 Å².